The molecule has 1 aromatic carbocycles. The highest BCUT2D eigenvalue weighted by Gasteiger charge is 2.19. The summed E-state index contributed by atoms with van der Waals surface area (Å²) in [5, 5.41) is 0. The van der Waals surface area contributed by atoms with E-state index in [1.165, 1.54) is 16.8 Å². The largest absolute Gasteiger partial charge is 0.371 e. The smallest absolute Gasteiger partial charge is 0.253 e. The first-order chi connectivity index (χ1) is 12.7. The molecule has 1 aliphatic heterocycles. The second-order valence-corrected chi connectivity index (χ2v) is 6.94. The first-order valence-electron chi connectivity index (χ1n) is 9.10. The zero-order chi connectivity index (χ0) is 17.9. The Morgan fingerprint density at radius 2 is 2.00 bits per heavy atom. The normalized spacial score (nSPS) is 15.6. The molecule has 0 unspecified atom stereocenters. The molecule has 0 saturated heterocycles. The molecular weight excluding hydrogens is 322 g/mol. The predicted octanol–water partition coefficient (Wildman–Crippen LogP) is 3.21. The number of hydrogen-bond acceptors (Lipinski definition) is 3. The van der Waals surface area contributed by atoms with Crippen molar-refractivity contribution in [1.82, 2.24) is 14.8 Å². The van der Waals surface area contributed by atoms with E-state index in [1.807, 2.05) is 25.2 Å². The SMILES string of the molecule is CN(Cc1cccnc1)C(=O)c1ccc2c(c1)CCN(C1=CC=C1)CC2. The van der Waals surface area contributed by atoms with Gasteiger partial charge in [-0.1, -0.05) is 18.2 Å². The topological polar surface area (TPSA) is 36.4 Å². The van der Waals surface area contributed by atoms with Crippen LogP contribution in [0.4, 0.5) is 0 Å². The minimum absolute atomic E-state index is 0.0578. The van der Waals surface area contributed by atoms with Gasteiger partial charge in [-0.25, -0.2) is 0 Å². The molecule has 4 heteroatoms. The maximum absolute atomic E-state index is 12.8. The molecule has 4 rings (SSSR count). The van der Waals surface area contributed by atoms with Gasteiger partial charge in [0, 0.05) is 50.3 Å². The zero-order valence-electron chi connectivity index (χ0n) is 15.1. The Bertz CT molecular complexity index is 870. The van der Waals surface area contributed by atoms with Crippen LogP contribution in [0.25, 0.3) is 0 Å². The number of benzene rings is 1. The van der Waals surface area contributed by atoms with E-state index >= 15 is 0 Å². The molecule has 0 N–H and O–H groups in total. The van der Waals surface area contributed by atoms with Crippen LogP contribution in [0.5, 0.6) is 0 Å². The van der Waals surface area contributed by atoms with Gasteiger partial charge in [0.25, 0.3) is 5.91 Å². The average Bonchev–Trinajstić information content (AvgIpc) is 2.83. The fourth-order valence-electron chi connectivity index (χ4n) is 3.57. The molecule has 2 heterocycles. The second-order valence-electron chi connectivity index (χ2n) is 6.94. The van der Waals surface area contributed by atoms with Crippen molar-refractivity contribution in [2.45, 2.75) is 19.4 Å². The molecule has 0 bridgehead atoms. The van der Waals surface area contributed by atoms with E-state index in [4.69, 9.17) is 0 Å². The highest BCUT2D eigenvalue weighted by Crippen LogP contribution is 2.23. The number of pyridine rings is 1. The minimum atomic E-state index is 0.0578. The maximum Gasteiger partial charge on any atom is 0.253 e. The fourth-order valence-corrected chi connectivity index (χ4v) is 3.57. The van der Waals surface area contributed by atoms with Crippen LogP contribution in [0, 0.1) is 0 Å². The lowest BCUT2D eigenvalue weighted by Gasteiger charge is -2.26. The highest BCUT2D eigenvalue weighted by atomic mass is 16.2. The number of hydrogen-bond donors (Lipinski definition) is 0. The molecule has 0 radical (unpaired) electrons. The van der Waals surface area contributed by atoms with E-state index in [1.54, 1.807) is 17.3 Å². The van der Waals surface area contributed by atoms with E-state index in [9.17, 15) is 4.79 Å². The van der Waals surface area contributed by atoms with Crippen molar-refractivity contribution >= 4 is 5.91 Å². The van der Waals surface area contributed by atoms with E-state index in [0.717, 1.165) is 37.1 Å². The summed E-state index contributed by atoms with van der Waals surface area (Å²) in [6.45, 7) is 2.61. The van der Waals surface area contributed by atoms with Gasteiger partial charge in [-0.05, 0) is 59.9 Å². The molecule has 1 amide bonds. The van der Waals surface area contributed by atoms with Crippen LogP contribution >= 0.6 is 0 Å². The van der Waals surface area contributed by atoms with Gasteiger partial charge in [0.05, 0.1) is 0 Å². The Balaban J connectivity index is 1.47. The number of fused-ring (bicyclic) bond motifs is 1. The van der Waals surface area contributed by atoms with Gasteiger partial charge in [-0.3, -0.25) is 9.78 Å². The van der Waals surface area contributed by atoms with Crippen LogP contribution in [0.1, 0.15) is 27.0 Å². The Hall–Kier alpha value is -2.88. The summed E-state index contributed by atoms with van der Waals surface area (Å²) in [7, 11) is 1.85. The van der Waals surface area contributed by atoms with Gasteiger partial charge in [0.1, 0.15) is 0 Å². The van der Waals surface area contributed by atoms with E-state index in [2.05, 4.69) is 40.2 Å². The van der Waals surface area contributed by atoms with Crippen LogP contribution in [0.3, 0.4) is 0 Å². The Morgan fingerprint density at radius 1 is 1.19 bits per heavy atom. The number of amides is 1. The highest BCUT2D eigenvalue weighted by molar-refractivity contribution is 5.94. The lowest BCUT2D eigenvalue weighted by Crippen LogP contribution is -2.26. The average molecular weight is 345 g/mol. The summed E-state index contributed by atoms with van der Waals surface area (Å²) in [5.74, 6) is 0.0578. The quantitative estimate of drug-likeness (QED) is 0.854. The number of aromatic nitrogens is 1. The number of allylic oxidation sites excluding steroid dienone is 3. The Morgan fingerprint density at radius 3 is 2.69 bits per heavy atom. The molecule has 1 aliphatic carbocycles. The molecule has 0 spiro atoms. The van der Waals surface area contributed by atoms with Crippen molar-refractivity contribution in [3.8, 4) is 0 Å². The van der Waals surface area contributed by atoms with Crippen molar-refractivity contribution in [3.05, 3.63) is 88.9 Å². The van der Waals surface area contributed by atoms with Crippen molar-refractivity contribution in [2.75, 3.05) is 20.1 Å². The molecular formula is C22H23N3O. The second kappa shape index (κ2) is 7.16. The van der Waals surface area contributed by atoms with Gasteiger partial charge < -0.3 is 9.80 Å². The fraction of sp³-hybridized carbons (Fsp3) is 0.273. The lowest BCUT2D eigenvalue weighted by molar-refractivity contribution is 0.0785. The van der Waals surface area contributed by atoms with Gasteiger partial charge in [0.15, 0.2) is 0 Å². The first-order valence-corrected chi connectivity index (χ1v) is 9.10. The standard InChI is InChI=1S/C22H23N3O/c1-24(16-17-4-3-11-23-15-17)22(26)20-8-7-18-9-12-25(21-5-2-6-21)13-10-19(18)14-20/h2-8,11,14-15H,9-10,12-13,16H2,1H3. The Kier molecular flexibility index (Phi) is 4.57. The minimum Gasteiger partial charge on any atom is -0.371 e. The Labute approximate surface area is 154 Å². The summed E-state index contributed by atoms with van der Waals surface area (Å²) >= 11 is 0. The summed E-state index contributed by atoms with van der Waals surface area (Å²) in [4.78, 5) is 21.1. The summed E-state index contributed by atoms with van der Waals surface area (Å²) in [6, 6.07) is 10.1. The van der Waals surface area contributed by atoms with Crippen LogP contribution in [-0.4, -0.2) is 40.8 Å². The maximum atomic E-state index is 12.8. The van der Waals surface area contributed by atoms with Crippen LogP contribution in [-0.2, 0) is 19.4 Å². The third-order valence-electron chi connectivity index (χ3n) is 5.14. The van der Waals surface area contributed by atoms with Crippen LogP contribution < -0.4 is 0 Å². The van der Waals surface area contributed by atoms with Gasteiger partial charge in [0.2, 0.25) is 0 Å². The number of carbonyl (C=O) groups excluding carboxylic acids is 1. The third kappa shape index (κ3) is 3.40. The lowest BCUT2D eigenvalue weighted by atomic mass is 9.99. The first kappa shape index (κ1) is 16.6. The van der Waals surface area contributed by atoms with E-state index in [-0.39, 0.29) is 5.91 Å². The third-order valence-corrected chi connectivity index (χ3v) is 5.14. The summed E-state index contributed by atoms with van der Waals surface area (Å²) in [6.07, 6.45) is 12.0. The van der Waals surface area contributed by atoms with Gasteiger partial charge in [-0.2, -0.15) is 0 Å². The van der Waals surface area contributed by atoms with Crippen molar-refractivity contribution in [2.24, 2.45) is 0 Å². The van der Waals surface area contributed by atoms with Gasteiger partial charge >= 0.3 is 0 Å². The molecule has 0 saturated carbocycles. The number of nitrogens with zero attached hydrogens (tertiary/aromatic N) is 3. The van der Waals surface area contributed by atoms with Crippen molar-refractivity contribution in [3.63, 3.8) is 0 Å². The van der Waals surface area contributed by atoms with E-state index in [0.29, 0.717) is 6.54 Å². The number of carbonyl (C=O) groups is 1. The van der Waals surface area contributed by atoms with Gasteiger partial charge in [-0.15, -0.1) is 0 Å². The molecule has 132 valence electrons. The molecule has 2 aromatic rings. The summed E-state index contributed by atoms with van der Waals surface area (Å²) in [5.41, 5.74) is 5.80. The monoisotopic (exact) mass is 345 g/mol. The van der Waals surface area contributed by atoms with Crippen LogP contribution in [0.2, 0.25) is 0 Å². The van der Waals surface area contributed by atoms with E-state index < -0.39 is 0 Å². The van der Waals surface area contributed by atoms with Crippen molar-refractivity contribution < 1.29 is 4.79 Å². The number of rotatable bonds is 4. The zero-order valence-corrected chi connectivity index (χ0v) is 15.1. The molecule has 0 fully saturated rings. The molecule has 1 aromatic heterocycles. The van der Waals surface area contributed by atoms with Crippen LogP contribution in [0.15, 0.2) is 66.7 Å². The molecule has 0 atom stereocenters. The molecule has 26 heavy (non-hydrogen) atoms. The summed E-state index contributed by atoms with van der Waals surface area (Å²) < 4.78 is 0. The predicted molar refractivity (Wildman–Crippen MR) is 103 cm³/mol. The van der Waals surface area contributed by atoms with Crippen molar-refractivity contribution in [1.29, 1.82) is 0 Å². The molecule has 4 nitrogen and oxygen atoms in total. The molecule has 2 aliphatic rings.